The quantitative estimate of drug-likeness (QED) is 0.909. The summed E-state index contributed by atoms with van der Waals surface area (Å²) in [5, 5.41) is 12.2. The summed E-state index contributed by atoms with van der Waals surface area (Å²) >= 11 is 1.35. The molecule has 0 saturated heterocycles. The van der Waals surface area contributed by atoms with Crippen molar-refractivity contribution in [2.24, 2.45) is 0 Å². The first-order valence-electron chi connectivity index (χ1n) is 5.09. The van der Waals surface area contributed by atoms with E-state index in [4.69, 9.17) is 0 Å². The maximum atomic E-state index is 13.4. The van der Waals surface area contributed by atoms with Gasteiger partial charge in [-0.3, -0.25) is 0 Å². The third-order valence-corrected chi connectivity index (χ3v) is 3.15. The van der Waals surface area contributed by atoms with Crippen LogP contribution in [-0.4, -0.2) is 17.2 Å². The summed E-state index contributed by atoms with van der Waals surface area (Å²) in [7, 11) is 1.80. The van der Waals surface area contributed by atoms with Crippen LogP contribution in [0.25, 0.3) is 0 Å². The van der Waals surface area contributed by atoms with Gasteiger partial charge in [0.15, 0.2) is 0 Å². The van der Waals surface area contributed by atoms with Crippen molar-refractivity contribution >= 4 is 11.3 Å². The van der Waals surface area contributed by atoms with Gasteiger partial charge in [-0.25, -0.2) is 8.78 Å². The highest BCUT2D eigenvalue weighted by atomic mass is 32.1. The standard InChI is InChI=1S/C11H11F2N3S/c1-14-6-11-16-15-10(17-11)5-7-8(12)3-2-4-9(7)13/h2-4,14H,5-6H2,1H3. The highest BCUT2D eigenvalue weighted by Gasteiger charge is 2.12. The van der Waals surface area contributed by atoms with Gasteiger partial charge in [-0.2, -0.15) is 0 Å². The number of benzene rings is 1. The Balaban J connectivity index is 2.19. The minimum Gasteiger partial charge on any atom is -0.313 e. The monoisotopic (exact) mass is 255 g/mol. The molecule has 0 spiro atoms. The van der Waals surface area contributed by atoms with Crippen molar-refractivity contribution in [3.05, 3.63) is 45.4 Å². The molecule has 2 aromatic rings. The molecule has 0 fully saturated rings. The lowest BCUT2D eigenvalue weighted by Crippen LogP contribution is -2.04. The Hall–Kier alpha value is -1.40. The summed E-state index contributed by atoms with van der Waals surface area (Å²) in [6, 6.07) is 3.84. The van der Waals surface area contributed by atoms with E-state index in [1.807, 2.05) is 0 Å². The fourth-order valence-electron chi connectivity index (χ4n) is 1.43. The molecular formula is C11H11F2N3S. The molecule has 6 heteroatoms. The summed E-state index contributed by atoms with van der Waals surface area (Å²) in [4.78, 5) is 0. The molecule has 0 bridgehead atoms. The van der Waals surface area contributed by atoms with Gasteiger partial charge in [-0.05, 0) is 19.2 Å². The minimum absolute atomic E-state index is 0.0413. The van der Waals surface area contributed by atoms with Crippen LogP contribution >= 0.6 is 11.3 Å². The number of rotatable bonds is 4. The number of nitrogens with one attached hydrogen (secondary N) is 1. The van der Waals surface area contributed by atoms with E-state index in [1.54, 1.807) is 7.05 Å². The van der Waals surface area contributed by atoms with Crippen molar-refractivity contribution in [1.29, 1.82) is 0 Å². The molecule has 0 unspecified atom stereocenters. The van der Waals surface area contributed by atoms with Crippen LogP contribution < -0.4 is 5.32 Å². The van der Waals surface area contributed by atoms with Crippen LogP contribution in [0.5, 0.6) is 0 Å². The van der Waals surface area contributed by atoms with Gasteiger partial charge >= 0.3 is 0 Å². The van der Waals surface area contributed by atoms with Crippen molar-refractivity contribution in [2.75, 3.05) is 7.05 Å². The second kappa shape index (κ2) is 5.29. The molecule has 0 aliphatic rings. The number of nitrogens with zero attached hydrogens (tertiary/aromatic N) is 2. The third-order valence-electron chi connectivity index (χ3n) is 2.23. The Morgan fingerprint density at radius 1 is 1.18 bits per heavy atom. The van der Waals surface area contributed by atoms with Gasteiger partial charge in [0.1, 0.15) is 21.6 Å². The lowest BCUT2D eigenvalue weighted by Gasteiger charge is -2.01. The summed E-state index contributed by atoms with van der Waals surface area (Å²) in [5.74, 6) is -1.09. The smallest absolute Gasteiger partial charge is 0.131 e. The lowest BCUT2D eigenvalue weighted by molar-refractivity contribution is 0.561. The first-order valence-corrected chi connectivity index (χ1v) is 5.91. The summed E-state index contributed by atoms with van der Waals surface area (Å²) in [5.41, 5.74) is 0.0413. The van der Waals surface area contributed by atoms with E-state index in [0.717, 1.165) is 5.01 Å². The predicted octanol–water partition coefficient (Wildman–Crippen LogP) is 2.13. The molecule has 1 aromatic carbocycles. The molecule has 1 heterocycles. The van der Waals surface area contributed by atoms with Gasteiger partial charge < -0.3 is 5.32 Å². The molecule has 1 aromatic heterocycles. The average Bonchev–Trinajstić information content (AvgIpc) is 2.72. The molecule has 1 N–H and O–H groups in total. The minimum atomic E-state index is -0.546. The Morgan fingerprint density at radius 2 is 1.82 bits per heavy atom. The second-order valence-electron chi connectivity index (χ2n) is 3.50. The number of hydrogen-bond donors (Lipinski definition) is 1. The zero-order valence-corrected chi connectivity index (χ0v) is 10.0. The second-order valence-corrected chi connectivity index (χ2v) is 4.64. The first kappa shape index (κ1) is 12.1. The fourth-order valence-corrected chi connectivity index (χ4v) is 2.30. The topological polar surface area (TPSA) is 37.8 Å². The van der Waals surface area contributed by atoms with Crippen molar-refractivity contribution in [3.8, 4) is 0 Å². The number of halogens is 2. The van der Waals surface area contributed by atoms with E-state index in [9.17, 15) is 8.78 Å². The van der Waals surface area contributed by atoms with Gasteiger partial charge in [0, 0.05) is 18.5 Å². The van der Waals surface area contributed by atoms with Crippen LogP contribution in [0.15, 0.2) is 18.2 Å². The highest BCUT2D eigenvalue weighted by Crippen LogP contribution is 2.19. The SMILES string of the molecule is CNCc1nnc(Cc2c(F)cccc2F)s1. The molecule has 0 radical (unpaired) electrons. The van der Waals surface area contributed by atoms with E-state index in [-0.39, 0.29) is 12.0 Å². The van der Waals surface area contributed by atoms with E-state index in [0.29, 0.717) is 11.6 Å². The average molecular weight is 255 g/mol. The van der Waals surface area contributed by atoms with Crippen LogP contribution in [-0.2, 0) is 13.0 Å². The Morgan fingerprint density at radius 3 is 2.47 bits per heavy atom. The van der Waals surface area contributed by atoms with Crippen LogP contribution in [0, 0.1) is 11.6 Å². The van der Waals surface area contributed by atoms with Gasteiger partial charge in [-0.1, -0.05) is 17.4 Å². The van der Waals surface area contributed by atoms with Crippen molar-refractivity contribution < 1.29 is 8.78 Å². The van der Waals surface area contributed by atoms with Crippen LogP contribution in [0.4, 0.5) is 8.78 Å². The number of aromatic nitrogens is 2. The van der Waals surface area contributed by atoms with E-state index >= 15 is 0 Å². The maximum absolute atomic E-state index is 13.4. The molecule has 0 saturated carbocycles. The van der Waals surface area contributed by atoms with Gasteiger partial charge in [0.05, 0.1) is 0 Å². The molecule has 0 amide bonds. The number of hydrogen-bond acceptors (Lipinski definition) is 4. The Kier molecular flexibility index (Phi) is 3.75. The Bertz CT molecular complexity index is 493. The zero-order chi connectivity index (χ0) is 12.3. The maximum Gasteiger partial charge on any atom is 0.131 e. The normalized spacial score (nSPS) is 10.8. The Labute approximate surface area is 102 Å². The predicted molar refractivity (Wildman–Crippen MR) is 61.8 cm³/mol. The molecular weight excluding hydrogens is 244 g/mol. The zero-order valence-electron chi connectivity index (χ0n) is 9.20. The van der Waals surface area contributed by atoms with E-state index < -0.39 is 11.6 Å². The van der Waals surface area contributed by atoms with Crippen LogP contribution in [0.2, 0.25) is 0 Å². The lowest BCUT2D eigenvalue weighted by atomic mass is 10.1. The summed E-state index contributed by atoms with van der Waals surface area (Å²) < 4.78 is 26.8. The highest BCUT2D eigenvalue weighted by molar-refractivity contribution is 7.11. The molecule has 0 atom stereocenters. The molecule has 90 valence electrons. The van der Waals surface area contributed by atoms with Crippen molar-refractivity contribution in [2.45, 2.75) is 13.0 Å². The first-order chi connectivity index (χ1) is 8.20. The fraction of sp³-hybridized carbons (Fsp3) is 0.273. The van der Waals surface area contributed by atoms with Gasteiger partial charge in [0.25, 0.3) is 0 Å². The molecule has 0 aliphatic heterocycles. The van der Waals surface area contributed by atoms with Crippen LogP contribution in [0.1, 0.15) is 15.6 Å². The summed E-state index contributed by atoms with van der Waals surface area (Å²) in [6.45, 7) is 0.609. The molecule has 17 heavy (non-hydrogen) atoms. The van der Waals surface area contributed by atoms with E-state index in [2.05, 4.69) is 15.5 Å². The third kappa shape index (κ3) is 2.83. The molecule has 0 aliphatic carbocycles. The van der Waals surface area contributed by atoms with Gasteiger partial charge in [-0.15, -0.1) is 10.2 Å². The van der Waals surface area contributed by atoms with Crippen molar-refractivity contribution in [1.82, 2.24) is 15.5 Å². The van der Waals surface area contributed by atoms with Crippen LogP contribution in [0.3, 0.4) is 0 Å². The largest absolute Gasteiger partial charge is 0.313 e. The van der Waals surface area contributed by atoms with Gasteiger partial charge in [0.2, 0.25) is 0 Å². The van der Waals surface area contributed by atoms with E-state index in [1.165, 1.54) is 29.5 Å². The molecule has 2 rings (SSSR count). The summed E-state index contributed by atoms with van der Waals surface area (Å²) in [6.07, 6.45) is 0.139. The molecule has 3 nitrogen and oxygen atoms in total. The van der Waals surface area contributed by atoms with Crippen molar-refractivity contribution in [3.63, 3.8) is 0 Å².